The highest BCUT2D eigenvalue weighted by atomic mass is 16.5. The zero-order chi connectivity index (χ0) is 22.9. The quantitative estimate of drug-likeness (QED) is 0.503. The maximum atomic E-state index is 13.0. The molecule has 0 amide bonds. The fourth-order valence-corrected chi connectivity index (χ4v) is 4.30. The Morgan fingerprint density at radius 2 is 1.91 bits per heavy atom. The minimum absolute atomic E-state index is 0.0377. The Kier molecular flexibility index (Phi) is 5.39. The summed E-state index contributed by atoms with van der Waals surface area (Å²) in [6.07, 6.45) is 1.81. The van der Waals surface area contributed by atoms with Crippen molar-refractivity contribution in [2.75, 3.05) is 31.2 Å². The summed E-state index contributed by atoms with van der Waals surface area (Å²) in [6.45, 7) is 3.10. The van der Waals surface area contributed by atoms with Crippen LogP contribution in [0.1, 0.15) is 15.9 Å². The first-order valence-electron chi connectivity index (χ1n) is 10.7. The van der Waals surface area contributed by atoms with Gasteiger partial charge < -0.3 is 19.3 Å². The molecule has 9 nitrogen and oxygen atoms in total. The molecule has 0 atom stereocenters. The van der Waals surface area contributed by atoms with Gasteiger partial charge in [0.25, 0.3) is 0 Å². The van der Waals surface area contributed by atoms with E-state index in [1.54, 1.807) is 28.9 Å². The largest absolute Gasteiger partial charge is 0.478 e. The van der Waals surface area contributed by atoms with Crippen molar-refractivity contribution in [2.45, 2.75) is 6.54 Å². The van der Waals surface area contributed by atoms with E-state index in [9.17, 15) is 14.7 Å². The predicted octanol–water partition coefficient (Wildman–Crippen LogP) is 2.38. The number of aryl methyl sites for hydroxylation is 1. The topological polar surface area (TPSA) is 102 Å². The van der Waals surface area contributed by atoms with Gasteiger partial charge in [0, 0.05) is 37.2 Å². The molecule has 1 saturated heterocycles. The van der Waals surface area contributed by atoms with Crippen LogP contribution in [-0.4, -0.2) is 56.9 Å². The molecule has 0 bridgehead atoms. The molecular formula is C24H23N5O4. The zero-order valence-corrected chi connectivity index (χ0v) is 18.1. The van der Waals surface area contributed by atoms with Crippen LogP contribution in [0, 0.1) is 0 Å². The summed E-state index contributed by atoms with van der Waals surface area (Å²) in [5.74, 6) is -0.120. The number of nitrogens with zero attached hydrogens (tertiary/aromatic N) is 5. The van der Waals surface area contributed by atoms with Crippen molar-refractivity contribution in [1.29, 1.82) is 0 Å². The average molecular weight is 445 g/mol. The number of hydrogen-bond acceptors (Lipinski definition) is 6. The lowest BCUT2D eigenvalue weighted by Gasteiger charge is -2.31. The van der Waals surface area contributed by atoms with Crippen LogP contribution in [-0.2, 0) is 18.3 Å². The maximum absolute atomic E-state index is 13.0. The summed E-state index contributed by atoms with van der Waals surface area (Å²) in [7, 11) is 1.96. The molecule has 1 N–H and O–H groups in total. The summed E-state index contributed by atoms with van der Waals surface area (Å²) >= 11 is 0. The van der Waals surface area contributed by atoms with Crippen LogP contribution < -0.4 is 10.3 Å². The summed E-state index contributed by atoms with van der Waals surface area (Å²) in [4.78, 5) is 26.4. The van der Waals surface area contributed by atoms with Crippen molar-refractivity contribution in [2.24, 2.45) is 7.05 Å². The monoisotopic (exact) mass is 445 g/mol. The minimum Gasteiger partial charge on any atom is -0.478 e. The van der Waals surface area contributed by atoms with E-state index >= 15 is 0 Å². The standard InChI is InChI=1S/C24H23N5O4/c1-27-22(28-8-10-33-11-9-28)13-21(30)19-7-3-6-18(23(19)27)20-15-29(26-25-20)14-16-4-2-5-17(12-16)24(31)32/h2-7,12-13,15H,8-11,14H2,1H3,(H,31,32). The number of aromatic nitrogens is 4. The SMILES string of the molecule is Cn1c(N2CCOCC2)cc(=O)c2cccc(-c3cn(Cc4cccc(C(=O)O)c4)nn3)c21. The van der Waals surface area contributed by atoms with Crippen molar-refractivity contribution < 1.29 is 14.6 Å². The molecular weight excluding hydrogens is 422 g/mol. The summed E-state index contributed by atoms with van der Waals surface area (Å²) in [5, 5.41) is 18.4. The number of aromatic carboxylic acids is 1. The van der Waals surface area contributed by atoms with Crippen molar-refractivity contribution in [3.8, 4) is 11.3 Å². The van der Waals surface area contributed by atoms with Crippen LogP contribution in [0.15, 0.2) is 59.5 Å². The maximum Gasteiger partial charge on any atom is 0.335 e. The van der Waals surface area contributed by atoms with Crippen LogP contribution >= 0.6 is 0 Å². The summed E-state index contributed by atoms with van der Waals surface area (Å²) in [6, 6.07) is 14.0. The van der Waals surface area contributed by atoms with E-state index in [2.05, 4.69) is 15.2 Å². The molecule has 3 heterocycles. The fourth-order valence-electron chi connectivity index (χ4n) is 4.30. The molecule has 5 rings (SSSR count). The first-order chi connectivity index (χ1) is 16.0. The van der Waals surface area contributed by atoms with E-state index in [1.807, 2.05) is 42.1 Å². The Hall–Kier alpha value is -3.98. The van der Waals surface area contributed by atoms with Gasteiger partial charge in [0.15, 0.2) is 5.43 Å². The Morgan fingerprint density at radius 1 is 1.12 bits per heavy atom. The van der Waals surface area contributed by atoms with E-state index < -0.39 is 5.97 Å². The van der Waals surface area contributed by atoms with Crippen molar-refractivity contribution in [1.82, 2.24) is 19.6 Å². The number of para-hydroxylation sites is 1. The number of fused-ring (bicyclic) bond motifs is 1. The molecule has 9 heteroatoms. The lowest BCUT2D eigenvalue weighted by atomic mass is 10.1. The molecule has 2 aromatic carbocycles. The molecule has 0 radical (unpaired) electrons. The number of carboxylic acids is 1. The third kappa shape index (κ3) is 3.98. The number of ether oxygens (including phenoxy) is 1. The van der Waals surface area contributed by atoms with Gasteiger partial charge in [-0.2, -0.15) is 0 Å². The van der Waals surface area contributed by atoms with E-state index in [0.717, 1.165) is 35.6 Å². The van der Waals surface area contributed by atoms with Crippen molar-refractivity contribution in [3.05, 3.63) is 76.1 Å². The van der Waals surface area contributed by atoms with Crippen LogP contribution in [0.25, 0.3) is 22.2 Å². The third-order valence-corrected chi connectivity index (χ3v) is 5.91. The van der Waals surface area contributed by atoms with Gasteiger partial charge >= 0.3 is 5.97 Å². The van der Waals surface area contributed by atoms with E-state index in [4.69, 9.17) is 4.74 Å². The van der Waals surface area contributed by atoms with Crippen LogP contribution in [0.5, 0.6) is 0 Å². The number of morpholine rings is 1. The second-order valence-electron chi connectivity index (χ2n) is 8.03. The third-order valence-electron chi connectivity index (χ3n) is 5.91. The van der Waals surface area contributed by atoms with Gasteiger partial charge in [0.1, 0.15) is 11.5 Å². The second-order valence-corrected chi connectivity index (χ2v) is 8.03. The Balaban J connectivity index is 1.55. The molecule has 0 saturated carbocycles. The van der Waals surface area contributed by atoms with Crippen LogP contribution in [0.3, 0.4) is 0 Å². The fraction of sp³-hybridized carbons (Fsp3) is 0.250. The summed E-state index contributed by atoms with van der Waals surface area (Å²) in [5.41, 5.74) is 3.26. The molecule has 0 aliphatic carbocycles. The van der Waals surface area contributed by atoms with Gasteiger partial charge in [-0.05, 0) is 23.8 Å². The molecule has 0 spiro atoms. The van der Waals surface area contributed by atoms with Gasteiger partial charge in [-0.3, -0.25) is 4.79 Å². The normalized spacial score (nSPS) is 14.0. The first kappa shape index (κ1) is 20.9. The number of anilines is 1. The molecule has 168 valence electrons. The number of rotatable bonds is 5. The lowest BCUT2D eigenvalue weighted by Crippen LogP contribution is -2.38. The lowest BCUT2D eigenvalue weighted by molar-refractivity contribution is 0.0696. The smallest absolute Gasteiger partial charge is 0.335 e. The Labute approximate surface area is 189 Å². The number of carboxylic acid groups (broad SMARTS) is 1. The molecule has 4 aromatic rings. The van der Waals surface area contributed by atoms with Gasteiger partial charge in [-0.1, -0.05) is 29.5 Å². The average Bonchev–Trinajstić information content (AvgIpc) is 3.30. The van der Waals surface area contributed by atoms with Crippen LogP contribution in [0.2, 0.25) is 0 Å². The molecule has 0 unspecified atom stereocenters. The predicted molar refractivity (Wildman–Crippen MR) is 124 cm³/mol. The van der Waals surface area contributed by atoms with Crippen molar-refractivity contribution in [3.63, 3.8) is 0 Å². The molecule has 1 fully saturated rings. The molecule has 1 aliphatic rings. The van der Waals surface area contributed by atoms with Gasteiger partial charge in [0.05, 0.1) is 37.0 Å². The summed E-state index contributed by atoms with van der Waals surface area (Å²) < 4.78 is 9.16. The van der Waals surface area contributed by atoms with Gasteiger partial charge in [-0.15, -0.1) is 5.10 Å². The number of pyridine rings is 1. The van der Waals surface area contributed by atoms with Crippen LogP contribution in [0.4, 0.5) is 5.82 Å². The number of benzene rings is 2. The highest BCUT2D eigenvalue weighted by Crippen LogP contribution is 2.28. The van der Waals surface area contributed by atoms with Crippen molar-refractivity contribution >= 4 is 22.7 Å². The van der Waals surface area contributed by atoms with Gasteiger partial charge in [-0.25, -0.2) is 9.48 Å². The van der Waals surface area contributed by atoms with Gasteiger partial charge in [0.2, 0.25) is 0 Å². The first-order valence-corrected chi connectivity index (χ1v) is 10.7. The molecule has 1 aliphatic heterocycles. The van der Waals surface area contributed by atoms with E-state index in [0.29, 0.717) is 30.8 Å². The highest BCUT2D eigenvalue weighted by molar-refractivity contribution is 5.94. The zero-order valence-electron chi connectivity index (χ0n) is 18.1. The van der Waals surface area contributed by atoms with E-state index in [-0.39, 0.29) is 11.0 Å². The molecule has 33 heavy (non-hydrogen) atoms. The second kappa shape index (κ2) is 8.51. The minimum atomic E-state index is -0.969. The number of carbonyl (C=O) groups is 1. The Morgan fingerprint density at radius 3 is 2.70 bits per heavy atom. The number of hydrogen-bond donors (Lipinski definition) is 1. The Bertz CT molecular complexity index is 1400. The molecule has 2 aromatic heterocycles. The highest BCUT2D eigenvalue weighted by Gasteiger charge is 2.19. The van der Waals surface area contributed by atoms with E-state index in [1.165, 1.54) is 0 Å².